The molecule has 0 aliphatic heterocycles. The maximum absolute atomic E-state index is 4.53. The Bertz CT molecular complexity index is 694. The van der Waals surface area contributed by atoms with Crippen molar-refractivity contribution in [2.75, 3.05) is 5.43 Å². The number of fused-ring (bicyclic) bond motifs is 1. The Hall–Kier alpha value is -2.56. The highest BCUT2D eigenvalue weighted by molar-refractivity contribution is 5.80. The van der Waals surface area contributed by atoms with Gasteiger partial charge in [-0.2, -0.15) is 5.10 Å². The summed E-state index contributed by atoms with van der Waals surface area (Å²) in [6.07, 6.45) is 3.60. The zero-order chi connectivity index (χ0) is 13.1. The van der Waals surface area contributed by atoms with E-state index >= 15 is 0 Å². The number of hydrogen-bond acceptors (Lipinski definition) is 3. The molecule has 2 aromatic heterocycles. The van der Waals surface area contributed by atoms with Gasteiger partial charge in [0.2, 0.25) is 5.95 Å². The van der Waals surface area contributed by atoms with Crippen molar-refractivity contribution < 1.29 is 0 Å². The van der Waals surface area contributed by atoms with Gasteiger partial charge in [0.1, 0.15) is 0 Å². The van der Waals surface area contributed by atoms with Crippen LogP contribution in [0, 0.1) is 0 Å². The standard InChI is InChI=1S/C14H15N5/c1-2-19-13-8-4-3-7-12(13)17-14(19)18-16-10-11-6-5-9-15-11/h3-10,15H,2H2,1H3,(H,17,18)/b16-10-. The first-order valence-electron chi connectivity index (χ1n) is 6.26. The molecule has 0 fully saturated rings. The number of nitrogens with zero attached hydrogens (tertiary/aromatic N) is 3. The van der Waals surface area contributed by atoms with E-state index < -0.39 is 0 Å². The van der Waals surface area contributed by atoms with Gasteiger partial charge in [-0.15, -0.1) is 0 Å². The van der Waals surface area contributed by atoms with Crippen LogP contribution in [0.2, 0.25) is 0 Å². The van der Waals surface area contributed by atoms with Crippen LogP contribution in [-0.4, -0.2) is 20.7 Å². The summed E-state index contributed by atoms with van der Waals surface area (Å²) in [4.78, 5) is 7.59. The lowest BCUT2D eigenvalue weighted by Crippen LogP contribution is -2.01. The number of H-pyrrole nitrogens is 1. The average molecular weight is 253 g/mol. The molecule has 0 radical (unpaired) electrons. The monoisotopic (exact) mass is 253 g/mol. The molecule has 0 saturated heterocycles. The third-order valence-electron chi connectivity index (χ3n) is 2.96. The molecular weight excluding hydrogens is 238 g/mol. The van der Waals surface area contributed by atoms with Crippen molar-refractivity contribution in [2.24, 2.45) is 5.10 Å². The van der Waals surface area contributed by atoms with Crippen molar-refractivity contribution in [2.45, 2.75) is 13.5 Å². The van der Waals surface area contributed by atoms with Crippen LogP contribution < -0.4 is 5.43 Å². The van der Waals surface area contributed by atoms with Crippen LogP contribution in [-0.2, 0) is 6.54 Å². The highest BCUT2D eigenvalue weighted by Gasteiger charge is 2.07. The molecule has 0 spiro atoms. The van der Waals surface area contributed by atoms with Gasteiger partial charge >= 0.3 is 0 Å². The van der Waals surface area contributed by atoms with Gasteiger partial charge in [0.25, 0.3) is 0 Å². The molecule has 0 aliphatic rings. The van der Waals surface area contributed by atoms with E-state index in [9.17, 15) is 0 Å². The van der Waals surface area contributed by atoms with Crippen LogP contribution >= 0.6 is 0 Å². The second kappa shape index (κ2) is 4.97. The van der Waals surface area contributed by atoms with Gasteiger partial charge in [0.05, 0.1) is 22.9 Å². The van der Waals surface area contributed by atoms with Crippen LogP contribution in [0.3, 0.4) is 0 Å². The summed E-state index contributed by atoms with van der Waals surface area (Å²) >= 11 is 0. The molecule has 1 aromatic carbocycles. The predicted octanol–water partition coefficient (Wildman–Crippen LogP) is 2.83. The molecule has 0 atom stereocenters. The van der Waals surface area contributed by atoms with Gasteiger partial charge in [-0.05, 0) is 31.2 Å². The lowest BCUT2D eigenvalue weighted by molar-refractivity contribution is 0.791. The van der Waals surface area contributed by atoms with Gasteiger partial charge in [-0.3, -0.25) is 0 Å². The summed E-state index contributed by atoms with van der Waals surface area (Å²) in [6, 6.07) is 12.0. The Kier molecular flexibility index (Phi) is 3.02. The number of imidazole rings is 1. The zero-order valence-electron chi connectivity index (χ0n) is 10.7. The first-order valence-corrected chi connectivity index (χ1v) is 6.26. The van der Waals surface area contributed by atoms with Gasteiger partial charge in [-0.1, -0.05) is 12.1 Å². The SMILES string of the molecule is CCn1c(N/N=C\c2ccc[nH]2)nc2ccccc21. The van der Waals surface area contributed by atoms with Gasteiger partial charge < -0.3 is 9.55 Å². The third kappa shape index (κ3) is 2.22. The number of hydrogen-bond donors (Lipinski definition) is 2. The summed E-state index contributed by atoms with van der Waals surface area (Å²) in [5.74, 6) is 0.756. The molecule has 0 saturated carbocycles. The largest absolute Gasteiger partial charge is 0.360 e. The Morgan fingerprint density at radius 1 is 1.32 bits per heavy atom. The van der Waals surface area contributed by atoms with Gasteiger partial charge in [0.15, 0.2) is 0 Å². The number of rotatable bonds is 4. The zero-order valence-corrected chi connectivity index (χ0v) is 10.7. The highest BCUT2D eigenvalue weighted by Crippen LogP contribution is 2.19. The van der Waals surface area contributed by atoms with Crippen molar-refractivity contribution in [1.29, 1.82) is 0 Å². The molecule has 0 aliphatic carbocycles. The molecular formula is C14H15N5. The molecule has 3 rings (SSSR count). The molecule has 0 bridgehead atoms. The second-order valence-electron chi connectivity index (χ2n) is 4.16. The number of aromatic nitrogens is 3. The Morgan fingerprint density at radius 2 is 2.21 bits per heavy atom. The number of aromatic amines is 1. The smallest absolute Gasteiger partial charge is 0.224 e. The molecule has 5 nitrogen and oxygen atoms in total. The molecule has 2 heterocycles. The van der Waals surface area contributed by atoms with Crippen LogP contribution in [0.15, 0.2) is 47.7 Å². The fourth-order valence-electron chi connectivity index (χ4n) is 2.07. The second-order valence-corrected chi connectivity index (χ2v) is 4.16. The van der Waals surface area contributed by atoms with Crippen molar-refractivity contribution in [3.8, 4) is 0 Å². The fraction of sp³-hybridized carbons (Fsp3) is 0.143. The van der Waals surface area contributed by atoms with E-state index in [2.05, 4.69) is 38.1 Å². The predicted molar refractivity (Wildman–Crippen MR) is 77.4 cm³/mol. The molecule has 2 N–H and O–H groups in total. The van der Waals surface area contributed by atoms with Crippen molar-refractivity contribution >= 4 is 23.2 Å². The third-order valence-corrected chi connectivity index (χ3v) is 2.96. The van der Waals surface area contributed by atoms with E-state index in [0.717, 1.165) is 29.2 Å². The molecule has 96 valence electrons. The van der Waals surface area contributed by atoms with Gasteiger partial charge in [0, 0.05) is 12.7 Å². The van der Waals surface area contributed by atoms with Crippen molar-refractivity contribution in [1.82, 2.24) is 14.5 Å². The molecule has 19 heavy (non-hydrogen) atoms. The number of nitrogens with one attached hydrogen (secondary N) is 2. The number of anilines is 1. The molecule has 5 heteroatoms. The summed E-state index contributed by atoms with van der Waals surface area (Å²) in [7, 11) is 0. The van der Waals surface area contributed by atoms with Crippen molar-refractivity contribution in [3.63, 3.8) is 0 Å². The minimum Gasteiger partial charge on any atom is -0.360 e. The summed E-state index contributed by atoms with van der Waals surface area (Å²) in [5, 5.41) is 4.20. The summed E-state index contributed by atoms with van der Waals surface area (Å²) in [5.41, 5.74) is 6.03. The molecule has 0 unspecified atom stereocenters. The highest BCUT2D eigenvalue weighted by atomic mass is 15.4. The Morgan fingerprint density at radius 3 is 3.00 bits per heavy atom. The number of para-hydroxylation sites is 2. The summed E-state index contributed by atoms with van der Waals surface area (Å²) < 4.78 is 2.10. The number of benzene rings is 1. The van der Waals surface area contributed by atoms with E-state index in [1.807, 2.05) is 36.5 Å². The van der Waals surface area contributed by atoms with E-state index in [-0.39, 0.29) is 0 Å². The first kappa shape index (κ1) is 11.5. The lowest BCUT2D eigenvalue weighted by Gasteiger charge is -2.03. The quantitative estimate of drug-likeness (QED) is 0.555. The maximum Gasteiger partial charge on any atom is 0.224 e. The van der Waals surface area contributed by atoms with Crippen LogP contribution in [0.5, 0.6) is 0 Å². The van der Waals surface area contributed by atoms with Gasteiger partial charge in [-0.25, -0.2) is 10.4 Å². The Labute approximate surface area is 111 Å². The normalized spacial score (nSPS) is 11.4. The molecule has 3 aromatic rings. The number of aryl methyl sites for hydroxylation is 1. The topological polar surface area (TPSA) is 58.0 Å². The minimum atomic E-state index is 0.756. The summed E-state index contributed by atoms with van der Waals surface area (Å²) in [6.45, 7) is 2.94. The van der Waals surface area contributed by atoms with Crippen LogP contribution in [0.4, 0.5) is 5.95 Å². The first-order chi connectivity index (χ1) is 9.38. The van der Waals surface area contributed by atoms with Crippen LogP contribution in [0.25, 0.3) is 11.0 Å². The van der Waals surface area contributed by atoms with E-state index in [1.54, 1.807) is 6.21 Å². The Balaban J connectivity index is 1.88. The lowest BCUT2D eigenvalue weighted by atomic mass is 10.3. The van der Waals surface area contributed by atoms with E-state index in [0.29, 0.717) is 0 Å². The van der Waals surface area contributed by atoms with E-state index in [1.165, 1.54) is 0 Å². The average Bonchev–Trinajstić information content (AvgIpc) is 3.05. The minimum absolute atomic E-state index is 0.756. The number of hydrazone groups is 1. The maximum atomic E-state index is 4.53. The molecule has 0 amide bonds. The van der Waals surface area contributed by atoms with Crippen LogP contribution in [0.1, 0.15) is 12.6 Å². The fourth-order valence-corrected chi connectivity index (χ4v) is 2.07. The van der Waals surface area contributed by atoms with E-state index in [4.69, 9.17) is 0 Å². The van der Waals surface area contributed by atoms with Crippen molar-refractivity contribution in [3.05, 3.63) is 48.3 Å².